The molecule has 7 nitrogen and oxygen atoms in total. The minimum Gasteiger partial charge on any atom is -0.502 e. The lowest BCUT2D eigenvalue weighted by Gasteiger charge is -2.08. The third-order valence-electron chi connectivity index (χ3n) is 3.32. The van der Waals surface area contributed by atoms with Gasteiger partial charge in [0.1, 0.15) is 12.0 Å². The molecule has 0 spiro atoms. The molecule has 2 aromatic heterocycles. The Morgan fingerprint density at radius 2 is 2.04 bits per heavy atom. The van der Waals surface area contributed by atoms with Crippen LogP contribution >= 0.6 is 11.8 Å². The summed E-state index contributed by atoms with van der Waals surface area (Å²) in [5.74, 6) is 5.85. The largest absolute Gasteiger partial charge is 0.502 e. The molecule has 0 aliphatic heterocycles. The van der Waals surface area contributed by atoms with Crippen LogP contribution in [-0.2, 0) is 11.9 Å². The Labute approximate surface area is 148 Å². The van der Waals surface area contributed by atoms with Gasteiger partial charge in [0, 0.05) is 11.6 Å². The third-order valence-corrected chi connectivity index (χ3v) is 4.29. The first kappa shape index (κ1) is 17.9. The van der Waals surface area contributed by atoms with Gasteiger partial charge in [-0.25, -0.2) is 4.68 Å². The average Bonchev–Trinajstić information content (AvgIpc) is 2.96. The predicted octanol–water partition coefficient (Wildman–Crippen LogP) is 2.63. The van der Waals surface area contributed by atoms with Crippen molar-refractivity contribution >= 4 is 11.8 Å². The molecule has 11 heteroatoms. The maximum Gasteiger partial charge on any atom is 0.416 e. The molecular formula is C15H11F3N4O3S. The van der Waals surface area contributed by atoms with E-state index in [0.717, 1.165) is 40.9 Å². The highest BCUT2D eigenvalue weighted by Gasteiger charge is 2.30. The van der Waals surface area contributed by atoms with Gasteiger partial charge in [-0.3, -0.25) is 4.79 Å². The van der Waals surface area contributed by atoms with Crippen molar-refractivity contribution in [2.45, 2.75) is 17.1 Å². The second kappa shape index (κ2) is 6.75. The van der Waals surface area contributed by atoms with Gasteiger partial charge in [-0.1, -0.05) is 23.9 Å². The number of halogens is 3. The molecule has 0 saturated heterocycles. The fourth-order valence-electron chi connectivity index (χ4n) is 2.06. The Morgan fingerprint density at radius 1 is 1.27 bits per heavy atom. The molecule has 2 heterocycles. The lowest BCUT2D eigenvalue weighted by molar-refractivity contribution is -0.137. The number of benzene rings is 1. The maximum atomic E-state index is 12.8. The first-order valence-electron chi connectivity index (χ1n) is 7.07. The van der Waals surface area contributed by atoms with Gasteiger partial charge in [0.15, 0.2) is 11.6 Å². The van der Waals surface area contributed by atoms with E-state index in [-0.39, 0.29) is 28.1 Å². The van der Waals surface area contributed by atoms with Crippen molar-refractivity contribution in [3.05, 3.63) is 58.1 Å². The van der Waals surface area contributed by atoms with Crippen molar-refractivity contribution in [2.75, 3.05) is 5.84 Å². The number of hydrogen-bond acceptors (Lipinski definition) is 7. The average molecular weight is 384 g/mol. The molecule has 1 aromatic carbocycles. The van der Waals surface area contributed by atoms with Crippen LogP contribution < -0.4 is 11.3 Å². The molecule has 3 N–H and O–H groups in total. The molecule has 0 saturated carbocycles. The van der Waals surface area contributed by atoms with Crippen molar-refractivity contribution in [3.63, 3.8) is 0 Å². The number of nitrogens with two attached hydrogens (primary N) is 1. The van der Waals surface area contributed by atoms with Gasteiger partial charge >= 0.3 is 6.18 Å². The third kappa shape index (κ3) is 3.67. The van der Waals surface area contributed by atoms with Gasteiger partial charge < -0.3 is 15.4 Å². The van der Waals surface area contributed by atoms with Gasteiger partial charge in [-0.05, 0) is 12.1 Å². The van der Waals surface area contributed by atoms with E-state index in [0.29, 0.717) is 0 Å². The minimum atomic E-state index is -4.48. The zero-order valence-electron chi connectivity index (χ0n) is 12.9. The van der Waals surface area contributed by atoms with Crippen LogP contribution in [0.15, 0.2) is 51.0 Å². The molecule has 3 aromatic rings. The summed E-state index contributed by atoms with van der Waals surface area (Å²) in [4.78, 5) is 11.4. The summed E-state index contributed by atoms with van der Waals surface area (Å²) in [6.45, 7) is 0. The van der Waals surface area contributed by atoms with Crippen molar-refractivity contribution in [1.82, 2.24) is 14.9 Å². The van der Waals surface area contributed by atoms with Crippen LogP contribution in [0.25, 0.3) is 11.4 Å². The zero-order chi connectivity index (χ0) is 18.9. The molecule has 0 amide bonds. The highest BCUT2D eigenvalue weighted by Crippen LogP contribution is 2.32. The number of nitrogens with zero attached hydrogens (tertiary/aromatic N) is 3. The second-order valence-electron chi connectivity index (χ2n) is 5.14. The zero-order valence-corrected chi connectivity index (χ0v) is 13.7. The smallest absolute Gasteiger partial charge is 0.416 e. The van der Waals surface area contributed by atoms with Crippen LogP contribution in [-0.4, -0.2) is 20.0 Å². The fourth-order valence-corrected chi connectivity index (χ4v) is 2.81. The van der Waals surface area contributed by atoms with Gasteiger partial charge in [-0.15, -0.1) is 10.2 Å². The Kier molecular flexibility index (Phi) is 4.64. The molecule has 136 valence electrons. The molecule has 0 bridgehead atoms. The molecule has 0 aliphatic rings. The fraction of sp³-hybridized carbons (Fsp3) is 0.133. The molecule has 26 heavy (non-hydrogen) atoms. The van der Waals surface area contributed by atoms with Crippen LogP contribution in [0, 0.1) is 0 Å². The highest BCUT2D eigenvalue weighted by atomic mass is 32.2. The van der Waals surface area contributed by atoms with Crippen LogP contribution in [0.1, 0.15) is 11.3 Å². The summed E-state index contributed by atoms with van der Waals surface area (Å²) in [6, 6.07) is 5.69. The summed E-state index contributed by atoms with van der Waals surface area (Å²) in [5.41, 5.74) is -1.25. The van der Waals surface area contributed by atoms with E-state index >= 15 is 0 Å². The highest BCUT2D eigenvalue weighted by molar-refractivity contribution is 7.98. The van der Waals surface area contributed by atoms with Crippen molar-refractivity contribution < 1.29 is 22.7 Å². The molecule has 0 aliphatic carbocycles. The van der Waals surface area contributed by atoms with Crippen LogP contribution in [0.2, 0.25) is 0 Å². The van der Waals surface area contributed by atoms with E-state index in [4.69, 9.17) is 15.4 Å². The molecule has 0 radical (unpaired) electrons. The molecular weight excluding hydrogens is 373 g/mol. The van der Waals surface area contributed by atoms with Crippen LogP contribution in [0.3, 0.4) is 0 Å². The number of nitrogen functional groups attached to an aromatic ring is 1. The minimum absolute atomic E-state index is 0.0609. The van der Waals surface area contributed by atoms with E-state index in [1.807, 2.05) is 0 Å². The maximum absolute atomic E-state index is 12.8. The van der Waals surface area contributed by atoms with Crippen molar-refractivity contribution in [3.8, 4) is 17.1 Å². The van der Waals surface area contributed by atoms with Gasteiger partial charge in [-0.2, -0.15) is 13.2 Å². The molecule has 0 atom stereocenters. The summed E-state index contributed by atoms with van der Waals surface area (Å²) in [6.07, 6.45) is -3.57. The Morgan fingerprint density at radius 3 is 2.73 bits per heavy atom. The van der Waals surface area contributed by atoms with E-state index in [9.17, 15) is 18.0 Å². The summed E-state index contributed by atoms with van der Waals surface area (Å²) >= 11 is 1.07. The van der Waals surface area contributed by atoms with E-state index in [1.165, 1.54) is 12.1 Å². The number of hydrogen-bond donors (Lipinski definition) is 2. The Bertz CT molecular complexity index is 1000. The lowest BCUT2D eigenvalue weighted by Crippen LogP contribution is -2.12. The first-order chi connectivity index (χ1) is 12.3. The molecule has 0 unspecified atom stereocenters. The van der Waals surface area contributed by atoms with Gasteiger partial charge in [0.2, 0.25) is 10.6 Å². The summed E-state index contributed by atoms with van der Waals surface area (Å²) < 4.78 is 44.6. The number of aromatic hydroxyl groups is 1. The normalized spacial score (nSPS) is 11.7. The van der Waals surface area contributed by atoms with Gasteiger partial charge in [0.25, 0.3) is 0 Å². The summed E-state index contributed by atoms with van der Waals surface area (Å²) in [5, 5.41) is 17.0. The Hall–Kier alpha value is -2.95. The van der Waals surface area contributed by atoms with Gasteiger partial charge in [0.05, 0.1) is 11.3 Å². The van der Waals surface area contributed by atoms with E-state index in [1.54, 1.807) is 0 Å². The van der Waals surface area contributed by atoms with Crippen molar-refractivity contribution in [2.24, 2.45) is 0 Å². The first-order valence-corrected chi connectivity index (χ1v) is 8.06. The number of rotatable bonds is 4. The monoisotopic (exact) mass is 384 g/mol. The standard InChI is InChI=1S/C15H11F3N4O3S/c16-15(17,18)9-3-1-2-8(4-9)13-20-21-14(22(13)19)26-7-10-5-11(23)12(24)6-25-10/h1-6,24H,7,19H2. The SMILES string of the molecule is Nn1c(SCc2cc(=O)c(O)co2)nnc1-c1cccc(C(F)(F)F)c1. The van der Waals surface area contributed by atoms with E-state index in [2.05, 4.69) is 10.2 Å². The lowest BCUT2D eigenvalue weighted by atomic mass is 10.1. The number of alkyl halides is 3. The number of thioether (sulfide) groups is 1. The second-order valence-corrected chi connectivity index (χ2v) is 6.08. The summed E-state index contributed by atoms with van der Waals surface area (Å²) in [7, 11) is 0. The van der Waals surface area contributed by atoms with E-state index < -0.39 is 22.9 Å². The molecule has 0 fully saturated rings. The Balaban J connectivity index is 1.82. The van der Waals surface area contributed by atoms with Crippen LogP contribution in [0.4, 0.5) is 13.2 Å². The topological polar surface area (TPSA) is 107 Å². The number of aromatic nitrogens is 3. The molecule has 3 rings (SSSR count). The van der Waals surface area contributed by atoms with Crippen molar-refractivity contribution in [1.29, 1.82) is 0 Å². The predicted molar refractivity (Wildman–Crippen MR) is 86.8 cm³/mol. The quantitative estimate of drug-likeness (QED) is 0.526. The van der Waals surface area contributed by atoms with Crippen LogP contribution in [0.5, 0.6) is 5.75 Å².